The highest BCUT2D eigenvalue weighted by atomic mass is 35.5. The lowest BCUT2D eigenvalue weighted by Crippen LogP contribution is -2.48. The molecule has 0 saturated heterocycles. The van der Waals surface area contributed by atoms with Gasteiger partial charge in [0.15, 0.2) is 0 Å². The SMILES string of the molecule is CCCNC(=O)[C@H](C)N(Cc1c(Cl)cccc1Cl)C(=O)CCCN1c2cccc3cccc(c23)S1(=O)=O. The number of sulfonamides is 1. The molecule has 0 aromatic heterocycles. The normalized spacial score (nSPS) is 14.5. The van der Waals surface area contributed by atoms with Crippen molar-refractivity contribution in [2.75, 3.05) is 17.4 Å². The van der Waals surface area contributed by atoms with Crippen LogP contribution in [0.15, 0.2) is 59.5 Å². The van der Waals surface area contributed by atoms with Crippen LogP contribution in [0.3, 0.4) is 0 Å². The van der Waals surface area contributed by atoms with E-state index < -0.39 is 16.1 Å². The van der Waals surface area contributed by atoms with Crippen molar-refractivity contribution in [1.82, 2.24) is 10.2 Å². The highest BCUT2D eigenvalue weighted by molar-refractivity contribution is 7.93. The summed E-state index contributed by atoms with van der Waals surface area (Å²) in [5, 5.41) is 5.19. The number of carbonyl (C=O) groups excluding carboxylic acids is 2. The number of nitrogens with zero attached hydrogens (tertiary/aromatic N) is 2. The fraction of sp³-hybridized carbons (Fsp3) is 0.333. The summed E-state index contributed by atoms with van der Waals surface area (Å²) < 4.78 is 27.8. The maximum absolute atomic E-state index is 13.4. The monoisotopic (exact) mass is 561 g/mol. The van der Waals surface area contributed by atoms with Crippen molar-refractivity contribution in [2.24, 2.45) is 0 Å². The Hall–Kier alpha value is -2.81. The van der Waals surface area contributed by atoms with Gasteiger partial charge in [0.05, 0.1) is 10.6 Å². The number of hydrogen-bond acceptors (Lipinski definition) is 4. The summed E-state index contributed by atoms with van der Waals surface area (Å²) >= 11 is 12.7. The van der Waals surface area contributed by atoms with Gasteiger partial charge < -0.3 is 10.2 Å². The van der Waals surface area contributed by atoms with Gasteiger partial charge in [-0.05, 0) is 49.4 Å². The van der Waals surface area contributed by atoms with Crippen molar-refractivity contribution >= 4 is 61.5 Å². The first-order chi connectivity index (χ1) is 17.7. The molecule has 1 N–H and O–H groups in total. The Morgan fingerprint density at radius 2 is 1.68 bits per heavy atom. The van der Waals surface area contributed by atoms with Crippen LogP contribution in [0.5, 0.6) is 0 Å². The van der Waals surface area contributed by atoms with Gasteiger partial charge in [0.2, 0.25) is 11.8 Å². The first-order valence-corrected chi connectivity index (χ1v) is 14.4. The highest BCUT2D eigenvalue weighted by Gasteiger charge is 2.35. The Balaban J connectivity index is 1.52. The molecule has 0 unspecified atom stereocenters. The molecule has 3 aromatic carbocycles. The van der Waals surface area contributed by atoms with Crippen LogP contribution < -0.4 is 9.62 Å². The summed E-state index contributed by atoms with van der Waals surface area (Å²) in [6.45, 7) is 4.30. The molecule has 0 spiro atoms. The van der Waals surface area contributed by atoms with E-state index in [0.29, 0.717) is 33.2 Å². The van der Waals surface area contributed by atoms with E-state index in [0.717, 1.165) is 11.8 Å². The van der Waals surface area contributed by atoms with Crippen molar-refractivity contribution in [3.05, 3.63) is 70.2 Å². The zero-order chi connectivity index (χ0) is 26.7. The molecule has 7 nitrogen and oxygen atoms in total. The third-order valence-electron chi connectivity index (χ3n) is 6.54. The summed E-state index contributed by atoms with van der Waals surface area (Å²) in [6.07, 6.45) is 1.09. The molecular weight excluding hydrogens is 533 g/mol. The molecule has 0 saturated carbocycles. The lowest BCUT2D eigenvalue weighted by molar-refractivity contribution is -0.140. The Kier molecular flexibility index (Phi) is 8.31. The molecular formula is C27H29Cl2N3O4S. The predicted octanol–water partition coefficient (Wildman–Crippen LogP) is 5.38. The van der Waals surface area contributed by atoms with E-state index in [1.165, 1.54) is 9.21 Å². The molecule has 1 aliphatic rings. The molecule has 37 heavy (non-hydrogen) atoms. The van der Waals surface area contributed by atoms with E-state index in [-0.39, 0.29) is 42.6 Å². The number of benzene rings is 3. The van der Waals surface area contributed by atoms with Crippen LogP contribution in [0.4, 0.5) is 5.69 Å². The molecule has 10 heteroatoms. The number of halogens is 2. The van der Waals surface area contributed by atoms with Crippen molar-refractivity contribution in [1.29, 1.82) is 0 Å². The van der Waals surface area contributed by atoms with Crippen molar-refractivity contribution in [2.45, 2.75) is 50.6 Å². The fourth-order valence-electron chi connectivity index (χ4n) is 4.55. The van der Waals surface area contributed by atoms with Gasteiger partial charge in [-0.1, -0.05) is 60.5 Å². The van der Waals surface area contributed by atoms with Crippen LogP contribution in [-0.4, -0.2) is 44.3 Å². The van der Waals surface area contributed by atoms with Gasteiger partial charge in [0.25, 0.3) is 10.0 Å². The van der Waals surface area contributed by atoms with Crippen LogP contribution >= 0.6 is 23.2 Å². The van der Waals surface area contributed by atoms with Gasteiger partial charge in [-0.25, -0.2) is 8.42 Å². The van der Waals surface area contributed by atoms with Crippen molar-refractivity contribution in [3.63, 3.8) is 0 Å². The lowest BCUT2D eigenvalue weighted by atomic mass is 10.1. The van der Waals surface area contributed by atoms with E-state index in [4.69, 9.17) is 23.2 Å². The molecule has 0 fully saturated rings. The van der Waals surface area contributed by atoms with Gasteiger partial charge >= 0.3 is 0 Å². The number of nitrogens with one attached hydrogen (secondary N) is 1. The van der Waals surface area contributed by atoms with Gasteiger partial charge in [-0.3, -0.25) is 13.9 Å². The van der Waals surface area contributed by atoms with Gasteiger partial charge in [0, 0.05) is 47.1 Å². The van der Waals surface area contributed by atoms with Gasteiger partial charge in [0.1, 0.15) is 6.04 Å². The molecule has 1 aliphatic heterocycles. The van der Waals surface area contributed by atoms with Crippen LogP contribution in [0.25, 0.3) is 10.8 Å². The largest absolute Gasteiger partial charge is 0.354 e. The summed E-state index contributed by atoms with van der Waals surface area (Å²) in [4.78, 5) is 27.9. The van der Waals surface area contributed by atoms with E-state index >= 15 is 0 Å². The highest BCUT2D eigenvalue weighted by Crippen LogP contribution is 2.42. The van der Waals surface area contributed by atoms with Crippen LogP contribution in [0.1, 0.15) is 38.7 Å². The maximum Gasteiger partial charge on any atom is 0.265 e. The smallest absolute Gasteiger partial charge is 0.265 e. The van der Waals surface area contributed by atoms with E-state index in [2.05, 4.69) is 5.32 Å². The molecule has 1 heterocycles. The van der Waals surface area contributed by atoms with Crippen molar-refractivity contribution < 1.29 is 18.0 Å². The average molecular weight is 563 g/mol. The minimum absolute atomic E-state index is 0.0474. The Bertz CT molecular complexity index is 1420. The molecule has 196 valence electrons. The predicted molar refractivity (Wildman–Crippen MR) is 147 cm³/mol. The summed E-state index contributed by atoms with van der Waals surface area (Å²) in [7, 11) is -3.71. The average Bonchev–Trinajstić information content (AvgIpc) is 3.09. The second-order valence-electron chi connectivity index (χ2n) is 9.00. The van der Waals surface area contributed by atoms with Crippen LogP contribution in [0, 0.1) is 0 Å². The third kappa shape index (κ3) is 5.42. The van der Waals surface area contributed by atoms with Crippen LogP contribution in [0.2, 0.25) is 10.0 Å². The zero-order valence-corrected chi connectivity index (χ0v) is 23.0. The summed E-state index contributed by atoms with van der Waals surface area (Å²) in [6, 6.07) is 15.0. The number of carbonyl (C=O) groups is 2. The molecule has 1 atom stereocenters. The van der Waals surface area contributed by atoms with Gasteiger partial charge in [-0.15, -0.1) is 0 Å². The van der Waals surface area contributed by atoms with E-state index in [1.54, 1.807) is 43.3 Å². The molecule has 4 rings (SSSR count). The molecule has 2 amide bonds. The first kappa shape index (κ1) is 27.2. The standard InChI is InChI=1S/C27H29Cl2N3O4S/c1-3-15-30-27(34)18(2)31(17-20-21(28)10-6-11-22(20)29)25(33)14-7-16-32-23-12-4-8-19-9-5-13-24(26(19)23)37(32,35)36/h4-6,8-13,18H,3,7,14-17H2,1-2H3,(H,30,34)/t18-/m0/s1. The minimum atomic E-state index is -3.71. The van der Waals surface area contributed by atoms with Crippen LogP contribution in [-0.2, 0) is 26.2 Å². The summed E-state index contributed by atoms with van der Waals surface area (Å²) in [5.41, 5.74) is 1.17. The molecule has 0 aliphatic carbocycles. The zero-order valence-electron chi connectivity index (χ0n) is 20.7. The molecule has 3 aromatic rings. The molecule has 0 bridgehead atoms. The quantitative estimate of drug-likeness (QED) is 0.360. The van der Waals surface area contributed by atoms with Crippen molar-refractivity contribution in [3.8, 4) is 0 Å². The lowest BCUT2D eigenvalue weighted by Gasteiger charge is -2.30. The number of anilines is 1. The Morgan fingerprint density at radius 1 is 1.03 bits per heavy atom. The first-order valence-electron chi connectivity index (χ1n) is 12.2. The third-order valence-corrected chi connectivity index (χ3v) is 9.10. The summed E-state index contributed by atoms with van der Waals surface area (Å²) in [5.74, 6) is -0.565. The molecule has 0 radical (unpaired) electrons. The minimum Gasteiger partial charge on any atom is -0.354 e. The van der Waals surface area contributed by atoms with E-state index in [9.17, 15) is 18.0 Å². The second kappa shape index (κ2) is 11.3. The number of rotatable bonds is 10. The number of amides is 2. The fourth-order valence-corrected chi connectivity index (χ4v) is 6.81. The Labute approximate surface area is 227 Å². The van der Waals surface area contributed by atoms with Gasteiger partial charge in [-0.2, -0.15) is 0 Å². The van der Waals surface area contributed by atoms with E-state index in [1.807, 2.05) is 25.1 Å². The maximum atomic E-state index is 13.4. The second-order valence-corrected chi connectivity index (χ2v) is 11.6. The Morgan fingerprint density at radius 3 is 2.35 bits per heavy atom. The topological polar surface area (TPSA) is 86.8 Å². The number of hydrogen-bond donors (Lipinski definition) is 1.